The molecule has 0 saturated heterocycles. The number of hydrogen-bond acceptors (Lipinski definition) is 2. The van der Waals surface area contributed by atoms with Crippen molar-refractivity contribution in [2.75, 3.05) is 5.32 Å². The van der Waals surface area contributed by atoms with Crippen LogP contribution in [-0.4, -0.2) is 10.9 Å². The Kier molecular flexibility index (Phi) is 3.75. The normalized spacial score (nSPS) is 9.56. The van der Waals surface area contributed by atoms with Crippen molar-refractivity contribution in [3.8, 4) is 12.3 Å². The quantitative estimate of drug-likeness (QED) is 0.684. The van der Waals surface area contributed by atoms with E-state index in [1.165, 1.54) is 0 Å². The lowest BCUT2D eigenvalue weighted by Gasteiger charge is -2.05. The zero-order valence-electron chi connectivity index (χ0n) is 9.35. The highest BCUT2D eigenvalue weighted by Gasteiger charge is 2.06. The lowest BCUT2D eigenvalue weighted by atomic mass is 10.2. The maximum absolute atomic E-state index is 12.0. The van der Waals surface area contributed by atoms with Gasteiger partial charge in [0.15, 0.2) is 0 Å². The van der Waals surface area contributed by atoms with Crippen molar-refractivity contribution < 1.29 is 4.79 Å². The van der Waals surface area contributed by atoms with E-state index >= 15 is 0 Å². The first-order valence-corrected chi connectivity index (χ1v) is 5.98. The van der Waals surface area contributed by atoms with E-state index in [1.807, 2.05) is 0 Å². The van der Waals surface area contributed by atoms with Gasteiger partial charge in [-0.3, -0.25) is 4.79 Å². The van der Waals surface area contributed by atoms with Crippen molar-refractivity contribution in [2.24, 2.45) is 0 Å². The molecule has 0 spiro atoms. The summed E-state index contributed by atoms with van der Waals surface area (Å²) in [5, 5.41) is 2.78. The van der Waals surface area contributed by atoms with Crippen LogP contribution in [0.1, 0.15) is 15.9 Å². The molecule has 2 rings (SSSR count). The van der Waals surface area contributed by atoms with Crippen LogP contribution in [0.2, 0.25) is 0 Å². The predicted molar refractivity (Wildman–Crippen MR) is 74.3 cm³/mol. The second-order valence-corrected chi connectivity index (χ2v) is 4.36. The Balaban J connectivity index is 2.19. The van der Waals surface area contributed by atoms with E-state index in [-0.39, 0.29) is 5.91 Å². The molecule has 0 aliphatic rings. The summed E-state index contributed by atoms with van der Waals surface area (Å²) in [5.41, 5.74) is 1.93. The Labute approximate surface area is 113 Å². The zero-order valence-corrected chi connectivity index (χ0v) is 10.9. The highest BCUT2D eigenvalue weighted by Crippen LogP contribution is 2.13. The largest absolute Gasteiger partial charge is 0.322 e. The molecule has 0 bridgehead atoms. The fraction of sp³-hybridized carbons (Fsp3) is 0. The highest BCUT2D eigenvalue weighted by atomic mass is 79.9. The summed E-state index contributed by atoms with van der Waals surface area (Å²) in [5.74, 6) is 2.32. The van der Waals surface area contributed by atoms with Crippen molar-refractivity contribution >= 4 is 27.5 Å². The number of aromatic nitrogens is 1. The molecule has 3 nitrogen and oxygen atoms in total. The molecule has 0 aliphatic carbocycles. The Bertz CT molecular complexity index is 632. The van der Waals surface area contributed by atoms with Gasteiger partial charge in [0.25, 0.3) is 5.91 Å². The summed E-state index contributed by atoms with van der Waals surface area (Å²) in [6, 6.07) is 10.4. The number of benzene rings is 1. The smallest absolute Gasteiger partial charge is 0.255 e. The average molecular weight is 301 g/mol. The van der Waals surface area contributed by atoms with E-state index in [9.17, 15) is 4.79 Å². The maximum atomic E-state index is 12.0. The van der Waals surface area contributed by atoms with Gasteiger partial charge < -0.3 is 5.32 Å². The molecule has 88 valence electrons. The van der Waals surface area contributed by atoms with Crippen molar-refractivity contribution in [1.82, 2.24) is 4.98 Å². The fourth-order valence-electron chi connectivity index (χ4n) is 1.43. The minimum Gasteiger partial charge on any atom is -0.322 e. The maximum Gasteiger partial charge on any atom is 0.255 e. The van der Waals surface area contributed by atoms with Gasteiger partial charge in [-0.15, -0.1) is 6.42 Å². The SMILES string of the molecule is C#Cc1cccc(NC(=O)c2ccnc(Br)c2)c1. The van der Waals surface area contributed by atoms with Gasteiger partial charge in [-0.1, -0.05) is 12.0 Å². The van der Waals surface area contributed by atoms with E-state index < -0.39 is 0 Å². The number of carbonyl (C=O) groups is 1. The topological polar surface area (TPSA) is 42.0 Å². The van der Waals surface area contributed by atoms with Crippen molar-refractivity contribution in [3.05, 3.63) is 58.3 Å². The third kappa shape index (κ3) is 2.96. The van der Waals surface area contributed by atoms with Crippen LogP contribution in [0.15, 0.2) is 47.2 Å². The first kappa shape index (κ1) is 12.3. The van der Waals surface area contributed by atoms with E-state index in [4.69, 9.17) is 6.42 Å². The van der Waals surface area contributed by atoms with Gasteiger partial charge in [0.2, 0.25) is 0 Å². The summed E-state index contributed by atoms with van der Waals surface area (Å²) in [7, 11) is 0. The number of terminal acetylenes is 1. The van der Waals surface area contributed by atoms with Gasteiger partial charge in [-0.25, -0.2) is 4.98 Å². The van der Waals surface area contributed by atoms with Crippen LogP contribution in [-0.2, 0) is 0 Å². The Hall–Kier alpha value is -2.12. The molecule has 0 fully saturated rings. The summed E-state index contributed by atoms with van der Waals surface area (Å²) >= 11 is 3.22. The predicted octanol–water partition coefficient (Wildman–Crippen LogP) is 3.08. The summed E-state index contributed by atoms with van der Waals surface area (Å²) in [6.07, 6.45) is 6.87. The molecule has 0 saturated carbocycles. The number of amides is 1. The van der Waals surface area contributed by atoms with Crippen LogP contribution in [0.3, 0.4) is 0 Å². The lowest BCUT2D eigenvalue weighted by Crippen LogP contribution is -2.12. The molecule has 1 aromatic carbocycles. The summed E-state index contributed by atoms with van der Waals surface area (Å²) in [4.78, 5) is 15.9. The fourth-order valence-corrected chi connectivity index (χ4v) is 1.80. The number of pyridine rings is 1. The number of carbonyl (C=O) groups excluding carboxylic acids is 1. The van der Waals surface area contributed by atoms with Crippen LogP contribution in [0.4, 0.5) is 5.69 Å². The van der Waals surface area contributed by atoms with Crippen molar-refractivity contribution in [3.63, 3.8) is 0 Å². The van der Waals surface area contributed by atoms with E-state index in [1.54, 1.807) is 42.6 Å². The number of nitrogens with zero attached hydrogens (tertiary/aromatic N) is 1. The molecular formula is C14H9BrN2O. The van der Waals surface area contributed by atoms with Crippen molar-refractivity contribution in [1.29, 1.82) is 0 Å². The number of halogens is 1. The van der Waals surface area contributed by atoms with Gasteiger partial charge in [-0.05, 0) is 46.3 Å². The van der Waals surface area contributed by atoms with E-state index in [2.05, 4.69) is 32.2 Å². The van der Waals surface area contributed by atoms with Gasteiger partial charge in [-0.2, -0.15) is 0 Å². The molecule has 0 atom stereocenters. The molecular weight excluding hydrogens is 292 g/mol. The number of rotatable bonds is 2. The van der Waals surface area contributed by atoms with Gasteiger partial charge in [0.05, 0.1) is 0 Å². The molecule has 0 aliphatic heterocycles. The first-order valence-electron chi connectivity index (χ1n) is 5.18. The molecule has 1 heterocycles. The molecule has 1 aromatic heterocycles. The molecule has 4 heteroatoms. The highest BCUT2D eigenvalue weighted by molar-refractivity contribution is 9.10. The first-order chi connectivity index (χ1) is 8.69. The third-order valence-corrected chi connectivity index (χ3v) is 2.71. The summed E-state index contributed by atoms with van der Waals surface area (Å²) in [6.45, 7) is 0. The Morgan fingerprint density at radius 3 is 2.89 bits per heavy atom. The van der Waals surface area contributed by atoms with Crippen LogP contribution < -0.4 is 5.32 Å². The van der Waals surface area contributed by atoms with Crippen LogP contribution in [0, 0.1) is 12.3 Å². The number of anilines is 1. The zero-order chi connectivity index (χ0) is 13.0. The third-order valence-electron chi connectivity index (χ3n) is 2.28. The molecule has 18 heavy (non-hydrogen) atoms. The van der Waals surface area contributed by atoms with Crippen LogP contribution in [0.25, 0.3) is 0 Å². The average Bonchev–Trinajstić information content (AvgIpc) is 2.39. The number of nitrogens with one attached hydrogen (secondary N) is 1. The monoisotopic (exact) mass is 300 g/mol. The number of hydrogen-bond donors (Lipinski definition) is 1. The molecule has 0 unspecified atom stereocenters. The molecule has 2 aromatic rings. The second-order valence-electron chi connectivity index (χ2n) is 3.55. The van der Waals surface area contributed by atoms with Crippen LogP contribution >= 0.6 is 15.9 Å². The minimum atomic E-state index is -0.202. The van der Waals surface area contributed by atoms with Gasteiger partial charge in [0, 0.05) is 23.0 Å². The second kappa shape index (κ2) is 5.48. The van der Waals surface area contributed by atoms with E-state index in [0.717, 1.165) is 5.56 Å². The van der Waals surface area contributed by atoms with Crippen LogP contribution in [0.5, 0.6) is 0 Å². The Morgan fingerprint density at radius 1 is 1.33 bits per heavy atom. The van der Waals surface area contributed by atoms with Gasteiger partial charge in [0.1, 0.15) is 4.60 Å². The molecule has 1 amide bonds. The summed E-state index contributed by atoms with van der Waals surface area (Å²) < 4.78 is 0.618. The Morgan fingerprint density at radius 2 is 2.17 bits per heavy atom. The standard InChI is InChI=1S/C14H9BrN2O/c1-2-10-4-3-5-12(8-10)17-14(18)11-6-7-16-13(15)9-11/h1,3-9H,(H,17,18). The minimum absolute atomic E-state index is 0.202. The van der Waals surface area contributed by atoms with Crippen molar-refractivity contribution in [2.45, 2.75) is 0 Å². The van der Waals surface area contributed by atoms with E-state index in [0.29, 0.717) is 15.9 Å². The molecule has 0 radical (unpaired) electrons. The van der Waals surface area contributed by atoms with Gasteiger partial charge >= 0.3 is 0 Å². The lowest BCUT2D eigenvalue weighted by molar-refractivity contribution is 0.102. The molecule has 1 N–H and O–H groups in total.